The average Bonchev–Trinajstić information content (AvgIpc) is 2.82. The number of nitrogens with one attached hydrogen (secondary N) is 2. The molecule has 0 heterocycles. The molecule has 180 valence electrons. The Hall–Kier alpha value is -3.72. The Kier molecular flexibility index (Phi) is 8.37. The highest BCUT2D eigenvalue weighted by molar-refractivity contribution is 7.92. The number of carbonyl (C=O) groups is 1. The molecule has 3 aromatic carbocycles. The number of benzene rings is 3. The summed E-state index contributed by atoms with van der Waals surface area (Å²) in [6, 6.07) is 17.5. The minimum atomic E-state index is -3.79. The van der Waals surface area contributed by atoms with Crippen LogP contribution in [0.2, 0.25) is 0 Å². The number of rotatable bonds is 11. The lowest BCUT2D eigenvalue weighted by atomic mass is 10.2. The zero-order chi connectivity index (χ0) is 24.6. The lowest BCUT2D eigenvalue weighted by Crippen LogP contribution is -2.14. The number of hydrogen-bond acceptors (Lipinski definition) is 6. The van der Waals surface area contributed by atoms with Crippen LogP contribution in [-0.4, -0.2) is 34.1 Å². The monoisotopic (exact) mass is 484 g/mol. The highest BCUT2D eigenvalue weighted by Gasteiger charge is 2.16. The fourth-order valence-electron chi connectivity index (χ4n) is 3.11. The van der Waals surface area contributed by atoms with Crippen molar-refractivity contribution in [2.75, 3.05) is 29.9 Å². The van der Waals surface area contributed by atoms with Gasteiger partial charge in [-0.25, -0.2) is 8.42 Å². The minimum Gasteiger partial charge on any atom is -0.494 e. The molecule has 0 saturated heterocycles. The minimum absolute atomic E-state index is 0.0686. The van der Waals surface area contributed by atoms with Gasteiger partial charge in [-0.15, -0.1) is 0 Å². The second-order valence-electron chi connectivity index (χ2n) is 7.07. The summed E-state index contributed by atoms with van der Waals surface area (Å²) >= 11 is 0. The van der Waals surface area contributed by atoms with E-state index in [1.54, 1.807) is 42.5 Å². The van der Waals surface area contributed by atoms with Crippen molar-refractivity contribution in [3.8, 4) is 17.2 Å². The van der Waals surface area contributed by atoms with Crippen molar-refractivity contribution in [1.29, 1.82) is 0 Å². The number of carbonyl (C=O) groups excluding carboxylic acids is 1. The molecule has 3 rings (SSSR count). The largest absolute Gasteiger partial charge is 0.494 e. The number of ether oxygens (including phenoxy) is 3. The molecule has 0 aliphatic heterocycles. The molecule has 0 aliphatic carbocycles. The SMILES string of the molecule is CCOc1ccc(NS(=O)(=O)c2ccc(NC(=O)c3ccc(OCC)c(OCC)c3)cc2)cc1. The normalized spacial score (nSPS) is 10.9. The van der Waals surface area contributed by atoms with Crippen molar-refractivity contribution in [3.05, 3.63) is 72.3 Å². The van der Waals surface area contributed by atoms with Crippen molar-refractivity contribution in [2.45, 2.75) is 25.7 Å². The molecule has 2 N–H and O–H groups in total. The predicted molar refractivity (Wildman–Crippen MR) is 132 cm³/mol. The van der Waals surface area contributed by atoms with Crippen LogP contribution < -0.4 is 24.2 Å². The Balaban J connectivity index is 1.69. The van der Waals surface area contributed by atoms with E-state index in [2.05, 4.69) is 10.0 Å². The molecule has 1 amide bonds. The van der Waals surface area contributed by atoms with E-state index < -0.39 is 10.0 Å². The lowest BCUT2D eigenvalue weighted by molar-refractivity contribution is 0.102. The van der Waals surface area contributed by atoms with Crippen LogP contribution in [0.3, 0.4) is 0 Å². The van der Waals surface area contributed by atoms with Gasteiger partial charge in [-0.1, -0.05) is 0 Å². The molecule has 0 radical (unpaired) electrons. The van der Waals surface area contributed by atoms with Gasteiger partial charge < -0.3 is 19.5 Å². The third kappa shape index (κ3) is 6.41. The van der Waals surface area contributed by atoms with Gasteiger partial charge in [0.1, 0.15) is 5.75 Å². The average molecular weight is 485 g/mol. The van der Waals surface area contributed by atoms with E-state index in [0.29, 0.717) is 54.0 Å². The van der Waals surface area contributed by atoms with Crippen LogP contribution >= 0.6 is 0 Å². The second kappa shape index (κ2) is 11.4. The van der Waals surface area contributed by atoms with E-state index in [-0.39, 0.29) is 10.8 Å². The van der Waals surface area contributed by atoms with Gasteiger partial charge in [0, 0.05) is 16.9 Å². The molecular weight excluding hydrogens is 456 g/mol. The Morgan fingerprint density at radius 3 is 1.94 bits per heavy atom. The van der Waals surface area contributed by atoms with Gasteiger partial charge in [0.2, 0.25) is 0 Å². The summed E-state index contributed by atoms with van der Waals surface area (Å²) in [6.45, 7) is 7.04. The molecule has 0 saturated carbocycles. The topological polar surface area (TPSA) is 103 Å². The predicted octanol–water partition coefficient (Wildman–Crippen LogP) is 4.94. The van der Waals surface area contributed by atoms with Crippen molar-refractivity contribution in [1.82, 2.24) is 0 Å². The molecule has 9 heteroatoms. The first-order chi connectivity index (χ1) is 16.4. The lowest BCUT2D eigenvalue weighted by Gasteiger charge is -2.13. The maximum Gasteiger partial charge on any atom is 0.261 e. The summed E-state index contributed by atoms with van der Waals surface area (Å²) in [7, 11) is -3.79. The summed E-state index contributed by atoms with van der Waals surface area (Å²) < 4.78 is 44.4. The Labute approximate surface area is 199 Å². The van der Waals surface area contributed by atoms with Crippen LogP contribution in [0.4, 0.5) is 11.4 Å². The smallest absolute Gasteiger partial charge is 0.261 e. The standard InChI is InChI=1S/C25H28N2O6S/c1-4-31-21-12-8-20(9-13-21)27-34(29,30)22-14-10-19(11-15-22)26-25(28)18-7-16-23(32-5-2)24(17-18)33-6-3/h7-17,27H,4-6H2,1-3H3,(H,26,28). The first-order valence-electron chi connectivity index (χ1n) is 10.9. The van der Waals surface area contributed by atoms with Gasteiger partial charge in [0.25, 0.3) is 15.9 Å². The van der Waals surface area contributed by atoms with Gasteiger partial charge >= 0.3 is 0 Å². The van der Waals surface area contributed by atoms with E-state index in [0.717, 1.165) is 0 Å². The van der Waals surface area contributed by atoms with E-state index in [1.165, 1.54) is 24.3 Å². The molecule has 3 aromatic rings. The summed E-state index contributed by atoms with van der Waals surface area (Å²) in [4.78, 5) is 12.8. The van der Waals surface area contributed by atoms with Gasteiger partial charge in [0.15, 0.2) is 11.5 Å². The van der Waals surface area contributed by atoms with Crippen LogP contribution in [0.25, 0.3) is 0 Å². The second-order valence-corrected chi connectivity index (χ2v) is 8.75. The van der Waals surface area contributed by atoms with Crippen LogP contribution in [0, 0.1) is 0 Å². The molecular formula is C25H28N2O6S. The van der Waals surface area contributed by atoms with Crippen molar-refractivity contribution >= 4 is 27.3 Å². The number of anilines is 2. The van der Waals surface area contributed by atoms with E-state index in [1.807, 2.05) is 20.8 Å². The third-order valence-corrected chi connectivity index (χ3v) is 6.04. The van der Waals surface area contributed by atoms with Crippen LogP contribution in [0.1, 0.15) is 31.1 Å². The Morgan fingerprint density at radius 1 is 0.735 bits per heavy atom. The number of hydrogen-bond donors (Lipinski definition) is 2. The quantitative estimate of drug-likeness (QED) is 0.400. The maximum atomic E-state index is 12.7. The molecule has 0 fully saturated rings. The Bertz CT molecular complexity index is 1210. The van der Waals surface area contributed by atoms with Crippen molar-refractivity contribution in [3.63, 3.8) is 0 Å². The summed E-state index contributed by atoms with van der Waals surface area (Å²) in [5.41, 5.74) is 1.26. The highest BCUT2D eigenvalue weighted by atomic mass is 32.2. The molecule has 34 heavy (non-hydrogen) atoms. The number of sulfonamides is 1. The van der Waals surface area contributed by atoms with E-state index in [9.17, 15) is 13.2 Å². The maximum absolute atomic E-state index is 12.7. The third-order valence-electron chi connectivity index (χ3n) is 4.65. The fourth-order valence-corrected chi connectivity index (χ4v) is 4.17. The van der Waals surface area contributed by atoms with Gasteiger partial charge in [-0.2, -0.15) is 0 Å². The van der Waals surface area contributed by atoms with Gasteiger partial charge in [0.05, 0.1) is 24.7 Å². The zero-order valence-electron chi connectivity index (χ0n) is 19.3. The molecule has 0 atom stereocenters. The fraction of sp³-hybridized carbons (Fsp3) is 0.240. The first-order valence-corrected chi connectivity index (χ1v) is 12.4. The van der Waals surface area contributed by atoms with E-state index >= 15 is 0 Å². The Morgan fingerprint density at radius 2 is 1.32 bits per heavy atom. The van der Waals surface area contributed by atoms with Crippen LogP contribution in [0.5, 0.6) is 17.2 Å². The summed E-state index contributed by atoms with van der Waals surface area (Å²) in [5.74, 6) is 1.35. The zero-order valence-corrected chi connectivity index (χ0v) is 20.1. The molecule has 8 nitrogen and oxygen atoms in total. The summed E-state index contributed by atoms with van der Waals surface area (Å²) in [5, 5.41) is 2.76. The van der Waals surface area contributed by atoms with Crippen molar-refractivity contribution < 1.29 is 27.4 Å². The molecule has 0 unspecified atom stereocenters. The molecule has 0 bridgehead atoms. The molecule has 0 aliphatic rings. The molecule has 0 aromatic heterocycles. The van der Waals surface area contributed by atoms with Gasteiger partial charge in [-0.05, 0) is 87.5 Å². The van der Waals surface area contributed by atoms with Gasteiger partial charge in [-0.3, -0.25) is 9.52 Å². The van der Waals surface area contributed by atoms with E-state index in [4.69, 9.17) is 14.2 Å². The molecule has 0 spiro atoms. The first kappa shape index (κ1) is 24.9. The van der Waals surface area contributed by atoms with Crippen molar-refractivity contribution in [2.24, 2.45) is 0 Å². The number of amides is 1. The summed E-state index contributed by atoms with van der Waals surface area (Å²) in [6.07, 6.45) is 0. The highest BCUT2D eigenvalue weighted by Crippen LogP contribution is 2.29. The van der Waals surface area contributed by atoms with Crippen LogP contribution in [0.15, 0.2) is 71.6 Å². The van der Waals surface area contributed by atoms with Crippen LogP contribution in [-0.2, 0) is 10.0 Å².